The molecular formula is C18H17ClN6OS. The molecule has 7 nitrogen and oxygen atoms in total. The number of H-pyrrole nitrogens is 1. The number of rotatable bonds is 6. The molecule has 0 aliphatic heterocycles. The predicted molar refractivity (Wildman–Crippen MR) is 108 cm³/mol. The molecule has 4 rings (SSSR count). The van der Waals surface area contributed by atoms with E-state index in [0.29, 0.717) is 18.0 Å². The molecule has 0 aliphatic carbocycles. The van der Waals surface area contributed by atoms with Gasteiger partial charge in [0.2, 0.25) is 5.13 Å². The number of anilines is 1. The van der Waals surface area contributed by atoms with Crippen LogP contribution in [0.3, 0.4) is 0 Å². The van der Waals surface area contributed by atoms with Gasteiger partial charge in [0.05, 0.1) is 16.7 Å². The number of hydrogen-bond donors (Lipinski definition) is 4. The summed E-state index contributed by atoms with van der Waals surface area (Å²) in [6.07, 6.45) is 2.42. The highest BCUT2D eigenvalue weighted by Crippen LogP contribution is 2.28. The van der Waals surface area contributed by atoms with Crippen LogP contribution in [0.2, 0.25) is 5.02 Å². The van der Waals surface area contributed by atoms with Crippen molar-refractivity contribution in [1.29, 1.82) is 0 Å². The quantitative estimate of drug-likeness (QED) is 0.394. The van der Waals surface area contributed by atoms with Crippen LogP contribution in [0.4, 0.5) is 5.13 Å². The number of hydrogen-bond acceptors (Lipinski definition) is 7. The number of phenolic OH excluding ortho intramolecular Hbond substituents is 1. The summed E-state index contributed by atoms with van der Waals surface area (Å²) in [4.78, 5) is 0. The first-order valence-electron chi connectivity index (χ1n) is 8.32. The molecule has 0 radical (unpaired) electrons. The molecule has 2 aromatic carbocycles. The van der Waals surface area contributed by atoms with Gasteiger partial charge in [-0.2, -0.15) is 5.10 Å². The van der Waals surface area contributed by atoms with Gasteiger partial charge in [0.15, 0.2) is 0 Å². The van der Waals surface area contributed by atoms with E-state index in [9.17, 15) is 5.11 Å². The molecule has 0 saturated carbocycles. The minimum atomic E-state index is -0.125. The lowest BCUT2D eigenvalue weighted by Gasteiger charge is -2.12. The second-order valence-corrected chi connectivity index (χ2v) is 7.60. The van der Waals surface area contributed by atoms with Gasteiger partial charge in [0, 0.05) is 23.5 Å². The van der Waals surface area contributed by atoms with Crippen LogP contribution < -0.4 is 11.1 Å². The number of nitrogens with two attached hydrogens (primary N) is 1. The first-order chi connectivity index (χ1) is 13.1. The fourth-order valence-corrected chi connectivity index (χ4v) is 3.71. The molecule has 0 bridgehead atoms. The first kappa shape index (κ1) is 17.7. The van der Waals surface area contributed by atoms with E-state index in [1.165, 1.54) is 11.3 Å². The average Bonchev–Trinajstić information content (AvgIpc) is 3.31. The molecule has 4 aromatic rings. The molecule has 0 amide bonds. The van der Waals surface area contributed by atoms with Gasteiger partial charge in [-0.15, -0.1) is 10.2 Å². The van der Waals surface area contributed by atoms with Crippen LogP contribution in [-0.4, -0.2) is 38.1 Å². The Morgan fingerprint density at radius 2 is 2.11 bits per heavy atom. The highest BCUT2D eigenvalue weighted by atomic mass is 35.5. The maximum Gasteiger partial charge on any atom is 0.206 e. The Kier molecular flexibility index (Phi) is 4.93. The van der Waals surface area contributed by atoms with E-state index in [1.807, 2.05) is 24.3 Å². The molecule has 0 fully saturated rings. The summed E-state index contributed by atoms with van der Waals surface area (Å²) in [7, 11) is 0. The first-order valence-corrected chi connectivity index (χ1v) is 9.52. The molecule has 138 valence electrons. The van der Waals surface area contributed by atoms with Crippen molar-refractivity contribution < 1.29 is 5.11 Å². The summed E-state index contributed by atoms with van der Waals surface area (Å²) in [5.41, 5.74) is 9.14. The molecule has 0 spiro atoms. The number of nitrogens with one attached hydrogen (secondary N) is 2. The molecule has 2 aromatic heterocycles. The van der Waals surface area contributed by atoms with Crippen molar-refractivity contribution in [2.24, 2.45) is 5.73 Å². The lowest BCUT2D eigenvalue weighted by Crippen LogP contribution is -2.31. The molecule has 1 atom stereocenters. The summed E-state index contributed by atoms with van der Waals surface area (Å²) in [6, 6.07) is 11.0. The number of phenols is 1. The van der Waals surface area contributed by atoms with E-state index >= 15 is 0 Å². The minimum Gasteiger partial charge on any atom is -0.506 e. The Morgan fingerprint density at radius 1 is 1.22 bits per heavy atom. The van der Waals surface area contributed by atoms with Gasteiger partial charge in [-0.3, -0.25) is 5.10 Å². The van der Waals surface area contributed by atoms with Crippen LogP contribution in [-0.2, 0) is 6.42 Å². The van der Waals surface area contributed by atoms with Crippen molar-refractivity contribution in [2.75, 3.05) is 11.9 Å². The lowest BCUT2D eigenvalue weighted by molar-refractivity contribution is 0.475. The molecule has 2 heterocycles. The van der Waals surface area contributed by atoms with Gasteiger partial charge in [0.25, 0.3) is 0 Å². The van der Waals surface area contributed by atoms with Crippen LogP contribution in [0.15, 0.2) is 42.6 Å². The number of halogens is 1. The van der Waals surface area contributed by atoms with Gasteiger partial charge < -0.3 is 16.2 Å². The number of fused-ring (bicyclic) bond motifs is 1. The molecule has 0 aliphatic rings. The standard InChI is InChI=1S/C18H17ClN6OS/c19-14-6-10(1-4-16(14)26)5-13(20)9-21-18-25-24-17(27-18)11-2-3-15-12(7-11)8-22-23-15/h1-4,6-8,13,26H,5,9,20H2,(H,21,25)(H,22,23)/t13-/m0/s1. The summed E-state index contributed by atoms with van der Waals surface area (Å²) in [5, 5.41) is 31.0. The Hall–Kier alpha value is -2.68. The van der Waals surface area contributed by atoms with E-state index in [2.05, 4.69) is 25.7 Å². The third kappa shape index (κ3) is 4.02. The van der Waals surface area contributed by atoms with Crippen molar-refractivity contribution in [3.8, 4) is 16.3 Å². The lowest BCUT2D eigenvalue weighted by atomic mass is 10.1. The van der Waals surface area contributed by atoms with E-state index in [1.54, 1.807) is 18.3 Å². The summed E-state index contributed by atoms with van der Waals surface area (Å²) in [5.74, 6) is 0.0714. The fourth-order valence-electron chi connectivity index (χ4n) is 2.76. The zero-order valence-corrected chi connectivity index (χ0v) is 15.8. The molecule has 9 heteroatoms. The van der Waals surface area contributed by atoms with Gasteiger partial charge in [-0.25, -0.2) is 0 Å². The molecular weight excluding hydrogens is 384 g/mol. The van der Waals surface area contributed by atoms with Gasteiger partial charge in [-0.05, 0) is 42.3 Å². The van der Waals surface area contributed by atoms with E-state index in [4.69, 9.17) is 17.3 Å². The van der Waals surface area contributed by atoms with E-state index in [0.717, 1.165) is 32.2 Å². The number of aromatic nitrogens is 4. The molecule has 0 saturated heterocycles. The Balaban J connectivity index is 1.38. The number of aromatic amines is 1. The van der Waals surface area contributed by atoms with Crippen LogP contribution >= 0.6 is 22.9 Å². The summed E-state index contributed by atoms with van der Waals surface area (Å²) >= 11 is 7.41. The van der Waals surface area contributed by atoms with Crippen LogP contribution in [0.25, 0.3) is 21.5 Å². The number of nitrogens with zero attached hydrogens (tertiary/aromatic N) is 3. The van der Waals surface area contributed by atoms with Crippen molar-refractivity contribution in [3.63, 3.8) is 0 Å². The predicted octanol–water partition coefficient (Wildman–Crippen LogP) is 3.42. The van der Waals surface area contributed by atoms with Crippen LogP contribution in [0.1, 0.15) is 5.56 Å². The number of benzene rings is 2. The summed E-state index contributed by atoms with van der Waals surface area (Å²) in [6.45, 7) is 0.549. The second kappa shape index (κ2) is 7.51. The van der Waals surface area contributed by atoms with Crippen molar-refractivity contribution >= 4 is 39.0 Å². The van der Waals surface area contributed by atoms with E-state index < -0.39 is 0 Å². The highest BCUT2D eigenvalue weighted by molar-refractivity contribution is 7.18. The Bertz CT molecular complexity index is 1080. The smallest absolute Gasteiger partial charge is 0.206 e. The van der Waals surface area contributed by atoms with Crippen molar-refractivity contribution in [1.82, 2.24) is 20.4 Å². The zero-order chi connectivity index (χ0) is 18.8. The Morgan fingerprint density at radius 3 is 2.96 bits per heavy atom. The van der Waals surface area contributed by atoms with Gasteiger partial charge in [-0.1, -0.05) is 29.0 Å². The van der Waals surface area contributed by atoms with E-state index in [-0.39, 0.29) is 11.8 Å². The third-order valence-corrected chi connectivity index (χ3v) is 5.37. The second-order valence-electron chi connectivity index (χ2n) is 6.22. The topological polar surface area (TPSA) is 113 Å². The zero-order valence-electron chi connectivity index (χ0n) is 14.2. The largest absolute Gasteiger partial charge is 0.506 e. The average molecular weight is 401 g/mol. The maximum atomic E-state index is 9.48. The molecule has 5 N–H and O–H groups in total. The summed E-state index contributed by atoms with van der Waals surface area (Å²) < 4.78 is 0. The van der Waals surface area contributed by atoms with Crippen molar-refractivity contribution in [2.45, 2.75) is 12.5 Å². The fraction of sp³-hybridized carbons (Fsp3) is 0.167. The third-order valence-electron chi connectivity index (χ3n) is 4.14. The van der Waals surface area contributed by atoms with Crippen LogP contribution in [0.5, 0.6) is 5.75 Å². The molecule has 0 unspecified atom stereocenters. The Labute approximate surface area is 164 Å². The van der Waals surface area contributed by atoms with Gasteiger partial charge in [0.1, 0.15) is 10.8 Å². The minimum absolute atomic E-state index is 0.0714. The highest BCUT2D eigenvalue weighted by Gasteiger charge is 2.10. The SMILES string of the molecule is N[C@H](CNc1nnc(-c2ccc3[nH]ncc3c2)s1)Cc1ccc(O)c(Cl)c1. The monoisotopic (exact) mass is 400 g/mol. The number of aromatic hydroxyl groups is 1. The molecule has 27 heavy (non-hydrogen) atoms. The van der Waals surface area contributed by atoms with Crippen molar-refractivity contribution in [3.05, 3.63) is 53.2 Å². The normalized spacial score (nSPS) is 12.4. The maximum absolute atomic E-state index is 9.48. The van der Waals surface area contributed by atoms with Gasteiger partial charge >= 0.3 is 0 Å². The van der Waals surface area contributed by atoms with Crippen LogP contribution in [0, 0.1) is 0 Å².